The molecule has 0 aromatic carbocycles. The Labute approximate surface area is 99.2 Å². The Balaban J connectivity index is 1.93. The highest BCUT2D eigenvalue weighted by molar-refractivity contribution is 5.66. The van der Waals surface area contributed by atoms with Crippen LogP contribution in [0.4, 0.5) is 4.39 Å². The van der Waals surface area contributed by atoms with Crippen LogP contribution in [0.1, 0.15) is 27.2 Å². The minimum absolute atomic E-state index is 0.223. The molecule has 2 aliphatic rings. The fourth-order valence-corrected chi connectivity index (χ4v) is 2.19. The first-order valence-corrected chi connectivity index (χ1v) is 5.65. The van der Waals surface area contributed by atoms with Crippen molar-refractivity contribution in [3.8, 4) is 0 Å². The standard InChI is InChI=1S/C11H17FO5/c1-6(13)14-9(5-12)7-4-8-10(15-7)17-11(2,3)16-8/h7-10H,4-5H2,1-3H3/t7-,8+,9+,10+/m0/s1. The van der Waals surface area contributed by atoms with E-state index in [1.807, 2.05) is 0 Å². The summed E-state index contributed by atoms with van der Waals surface area (Å²) in [6, 6.07) is 0. The molecule has 0 saturated carbocycles. The topological polar surface area (TPSA) is 54.0 Å². The van der Waals surface area contributed by atoms with E-state index in [-0.39, 0.29) is 6.10 Å². The molecule has 0 aliphatic carbocycles. The van der Waals surface area contributed by atoms with Crippen LogP contribution < -0.4 is 0 Å². The molecule has 0 spiro atoms. The number of carbonyl (C=O) groups excluding carboxylic acids is 1. The minimum atomic E-state index is -0.881. The van der Waals surface area contributed by atoms with Gasteiger partial charge in [0, 0.05) is 13.3 Å². The molecular weight excluding hydrogens is 231 g/mol. The van der Waals surface area contributed by atoms with Crippen molar-refractivity contribution in [3.05, 3.63) is 0 Å². The Morgan fingerprint density at radius 3 is 2.76 bits per heavy atom. The highest BCUT2D eigenvalue weighted by Crippen LogP contribution is 2.38. The summed E-state index contributed by atoms with van der Waals surface area (Å²) in [4.78, 5) is 10.8. The maximum absolute atomic E-state index is 12.8. The van der Waals surface area contributed by atoms with Crippen molar-refractivity contribution in [1.29, 1.82) is 0 Å². The number of esters is 1. The van der Waals surface area contributed by atoms with Gasteiger partial charge in [0.15, 0.2) is 18.2 Å². The molecule has 5 nitrogen and oxygen atoms in total. The summed E-state index contributed by atoms with van der Waals surface area (Å²) >= 11 is 0. The summed E-state index contributed by atoms with van der Waals surface area (Å²) in [7, 11) is 0. The fraction of sp³-hybridized carbons (Fsp3) is 0.909. The van der Waals surface area contributed by atoms with Gasteiger partial charge in [-0.15, -0.1) is 0 Å². The number of fused-ring (bicyclic) bond motifs is 1. The van der Waals surface area contributed by atoms with Crippen molar-refractivity contribution >= 4 is 5.97 Å². The Hall–Kier alpha value is -0.720. The van der Waals surface area contributed by atoms with E-state index in [2.05, 4.69) is 0 Å². The third-order valence-electron chi connectivity index (χ3n) is 2.80. The normalized spacial score (nSPS) is 36.6. The first-order chi connectivity index (χ1) is 7.91. The predicted octanol–water partition coefficient (Wildman–Crippen LogP) is 1.15. The second-order valence-electron chi connectivity index (χ2n) is 4.75. The van der Waals surface area contributed by atoms with E-state index in [1.54, 1.807) is 13.8 Å². The summed E-state index contributed by atoms with van der Waals surface area (Å²) in [5.41, 5.74) is 0. The molecule has 0 unspecified atom stereocenters. The Morgan fingerprint density at radius 1 is 1.53 bits per heavy atom. The van der Waals surface area contributed by atoms with E-state index in [4.69, 9.17) is 18.9 Å². The molecule has 0 aromatic heterocycles. The highest BCUT2D eigenvalue weighted by Gasteiger charge is 2.50. The summed E-state index contributed by atoms with van der Waals surface area (Å²) in [6.45, 7) is 4.06. The van der Waals surface area contributed by atoms with Crippen LogP contribution in [0, 0.1) is 0 Å². The third kappa shape index (κ3) is 2.75. The summed E-state index contributed by atoms with van der Waals surface area (Å²) < 4.78 is 34.2. The van der Waals surface area contributed by atoms with Gasteiger partial charge < -0.3 is 18.9 Å². The summed E-state index contributed by atoms with van der Waals surface area (Å²) in [5.74, 6) is -1.19. The van der Waals surface area contributed by atoms with Crippen LogP contribution in [0.3, 0.4) is 0 Å². The van der Waals surface area contributed by atoms with Crippen molar-refractivity contribution in [1.82, 2.24) is 0 Å². The lowest BCUT2D eigenvalue weighted by Crippen LogP contribution is -2.35. The number of alkyl halides is 1. The third-order valence-corrected chi connectivity index (χ3v) is 2.80. The van der Waals surface area contributed by atoms with Crippen LogP contribution in [-0.2, 0) is 23.7 Å². The quantitative estimate of drug-likeness (QED) is 0.701. The molecule has 17 heavy (non-hydrogen) atoms. The molecule has 0 bridgehead atoms. The van der Waals surface area contributed by atoms with Crippen molar-refractivity contribution in [2.75, 3.05) is 6.67 Å². The second kappa shape index (κ2) is 4.51. The van der Waals surface area contributed by atoms with Gasteiger partial charge in [-0.25, -0.2) is 4.39 Å². The number of ether oxygens (including phenoxy) is 4. The monoisotopic (exact) mass is 248 g/mol. The zero-order valence-electron chi connectivity index (χ0n) is 10.1. The molecule has 0 aromatic rings. The van der Waals surface area contributed by atoms with Crippen molar-refractivity contribution in [2.24, 2.45) is 0 Å². The van der Waals surface area contributed by atoms with Crippen LogP contribution in [0.25, 0.3) is 0 Å². The van der Waals surface area contributed by atoms with E-state index in [0.717, 1.165) is 0 Å². The Bertz CT molecular complexity index is 290. The number of hydrogen-bond donors (Lipinski definition) is 0. The minimum Gasteiger partial charge on any atom is -0.457 e. The maximum Gasteiger partial charge on any atom is 0.303 e. The van der Waals surface area contributed by atoms with E-state index in [1.165, 1.54) is 6.92 Å². The summed E-state index contributed by atoms with van der Waals surface area (Å²) in [6.07, 6.45) is -1.64. The fourth-order valence-electron chi connectivity index (χ4n) is 2.19. The predicted molar refractivity (Wildman–Crippen MR) is 54.8 cm³/mol. The van der Waals surface area contributed by atoms with Crippen LogP contribution >= 0.6 is 0 Å². The molecule has 2 rings (SSSR count). The van der Waals surface area contributed by atoms with Gasteiger partial charge in [0.2, 0.25) is 0 Å². The van der Waals surface area contributed by atoms with Gasteiger partial charge in [-0.2, -0.15) is 0 Å². The lowest BCUT2D eigenvalue weighted by atomic mass is 10.1. The van der Waals surface area contributed by atoms with Gasteiger partial charge in [-0.1, -0.05) is 0 Å². The molecule has 2 fully saturated rings. The summed E-state index contributed by atoms with van der Waals surface area (Å²) in [5, 5.41) is 0. The molecular formula is C11H17FO5. The van der Waals surface area contributed by atoms with Crippen LogP contribution in [-0.4, -0.2) is 43.0 Å². The lowest BCUT2D eigenvalue weighted by molar-refractivity contribution is -0.218. The molecule has 0 amide bonds. The zero-order chi connectivity index (χ0) is 12.6. The van der Waals surface area contributed by atoms with Crippen molar-refractivity contribution in [2.45, 2.75) is 57.6 Å². The first kappa shape index (κ1) is 12.7. The van der Waals surface area contributed by atoms with E-state index < -0.39 is 36.9 Å². The average Bonchev–Trinajstić information content (AvgIpc) is 2.66. The SMILES string of the molecule is CC(=O)O[C@H](CF)[C@@H]1C[C@H]2OC(C)(C)O[C@H]2O1. The Morgan fingerprint density at radius 2 is 2.24 bits per heavy atom. The first-order valence-electron chi connectivity index (χ1n) is 5.65. The van der Waals surface area contributed by atoms with Crippen LogP contribution in [0.2, 0.25) is 0 Å². The van der Waals surface area contributed by atoms with Gasteiger partial charge in [0.25, 0.3) is 0 Å². The van der Waals surface area contributed by atoms with Gasteiger partial charge in [-0.05, 0) is 13.8 Å². The number of halogens is 1. The van der Waals surface area contributed by atoms with Crippen molar-refractivity contribution in [3.63, 3.8) is 0 Å². The molecule has 4 atom stereocenters. The molecule has 2 aliphatic heterocycles. The Kier molecular flexibility index (Phi) is 3.38. The number of rotatable bonds is 3. The molecule has 0 N–H and O–H groups in total. The number of hydrogen-bond acceptors (Lipinski definition) is 5. The maximum atomic E-state index is 12.8. The number of carbonyl (C=O) groups is 1. The smallest absolute Gasteiger partial charge is 0.303 e. The second-order valence-corrected chi connectivity index (χ2v) is 4.75. The van der Waals surface area contributed by atoms with Gasteiger partial charge >= 0.3 is 5.97 Å². The zero-order valence-corrected chi connectivity index (χ0v) is 10.1. The molecule has 0 radical (unpaired) electrons. The molecule has 6 heteroatoms. The van der Waals surface area contributed by atoms with Gasteiger partial charge in [0.05, 0.1) is 0 Å². The van der Waals surface area contributed by atoms with Crippen LogP contribution in [0.15, 0.2) is 0 Å². The van der Waals surface area contributed by atoms with Crippen LogP contribution in [0.5, 0.6) is 0 Å². The van der Waals surface area contributed by atoms with E-state index in [9.17, 15) is 9.18 Å². The van der Waals surface area contributed by atoms with Gasteiger partial charge in [-0.3, -0.25) is 4.79 Å². The largest absolute Gasteiger partial charge is 0.457 e. The molecule has 98 valence electrons. The molecule has 2 saturated heterocycles. The van der Waals surface area contributed by atoms with E-state index in [0.29, 0.717) is 6.42 Å². The lowest BCUT2D eigenvalue weighted by Gasteiger charge is -2.24. The van der Waals surface area contributed by atoms with Crippen molar-refractivity contribution < 1.29 is 28.1 Å². The molecule has 2 heterocycles. The van der Waals surface area contributed by atoms with Gasteiger partial charge in [0.1, 0.15) is 18.9 Å². The average molecular weight is 248 g/mol. The highest BCUT2D eigenvalue weighted by atomic mass is 19.1. The van der Waals surface area contributed by atoms with E-state index >= 15 is 0 Å².